The van der Waals surface area contributed by atoms with E-state index in [1.165, 1.54) is 6.42 Å². The van der Waals surface area contributed by atoms with E-state index in [1.807, 2.05) is 0 Å². The highest BCUT2D eigenvalue weighted by atomic mass is 31.2. The molecule has 1 rings (SSSR count). The number of aliphatic hydroxyl groups is 1. The number of carboxylic acid groups (broad SMARTS) is 1. The van der Waals surface area contributed by atoms with Crippen LogP contribution in [-0.2, 0) is 14.2 Å². The molecule has 1 fully saturated rings. The van der Waals surface area contributed by atoms with Crippen molar-refractivity contribution in [2.24, 2.45) is 11.7 Å². The molecule has 0 aromatic heterocycles. The molecule has 0 aromatic carbocycles. The first-order valence-electron chi connectivity index (χ1n) is 8.43. The van der Waals surface area contributed by atoms with Gasteiger partial charge in [-0.25, -0.2) is 0 Å². The molecule has 8 nitrogen and oxygen atoms in total. The summed E-state index contributed by atoms with van der Waals surface area (Å²) in [6.45, 7) is -0.172. The molecule has 0 saturated heterocycles. The Kier molecular flexibility index (Phi) is 8.91. The first-order valence-corrected chi connectivity index (χ1v) is 10.5. The number of hydrogen-bond donors (Lipinski definition) is 5. The van der Waals surface area contributed by atoms with Gasteiger partial charge < -0.3 is 26.2 Å². The minimum Gasteiger partial charge on any atom is -0.481 e. The monoisotopic (exact) mass is 364 g/mol. The van der Waals surface area contributed by atoms with Gasteiger partial charge in [0.1, 0.15) is 0 Å². The Hall–Kier alpha value is -0.950. The summed E-state index contributed by atoms with van der Waals surface area (Å²) in [6.07, 6.45) is 3.86. The molecule has 0 aromatic rings. The molecule has 3 unspecified atom stereocenters. The lowest BCUT2D eigenvalue weighted by molar-refractivity contribution is -0.137. The van der Waals surface area contributed by atoms with Crippen molar-refractivity contribution in [2.75, 3.05) is 18.9 Å². The van der Waals surface area contributed by atoms with Crippen molar-refractivity contribution in [2.45, 2.75) is 57.1 Å². The van der Waals surface area contributed by atoms with Crippen LogP contribution in [0.2, 0.25) is 0 Å². The van der Waals surface area contributed by atoms with E-state index >= 15 is 0 Å². The SMILES string of the molecule is NC(CCC(=O)O)C(=O)NCC(O)CP(=O)(O)CC1CCCCC1. The highest BCUT2D eigenvalue weighted by molar-refractivity contribution is 7.58. The van der Waals surface area contributed by atoms with Crippen LogP contribution in [0, 0.1) is 5.92 Å². The van der Waals surface area contributed by atoms with E-state index in [4.69, 9.17) is 10.8 Å². The molecule has 1 saturated carbocycles. The number of nitrogens with one attached hydrogen (secondary N) is 1. The third kappa shape index (κ3) is 8.78. The molecule has 0 radical (unpaired) electrons. The van der Waals surface area contributed by atoms with Crippen molar-refractivity contribution in [3.8, 4) is 0 Å². The van der Waals surface area contributed by atoms with Crippen LogP contribution in [0.15, 0.2) is 0 Å². The molecule has 9 heteroatoms. The average molecular weight is 364 g/mol. The van der Waals surface area contributed by atoms with Crippen LogP contribution in [0.25, 0.3) is 0 Å². The normalized spacial score (nSPS) is 20.8. The lowest BCUT2D eigenvalue weighted by Gasteiger charge is -2.25. The lowest BCUT2D eigenvalue weighted by Crippen LogP contribution is -2.44. The van der Waals surface area contributed by atoms with Crippen LogP contribution in [0.4, 0.5) is 0 Å². The predicted octanol–water partition coefficient (Wildman–Crippen LogP) is 0.506. The summed E-state index contributed by atoms with van der Waals surface area (Å²) in [6, 6.07) is -0.975. The zero-order valence-corrected chi connectivity index (χ0v) is 14.8. The number of aliphatic carboxylic acids is 1. The molecule has 0 bridgehead atoms. The fourth-order valence-electron chi connectivity index (χ4n) is 3.00. The van der Waals surface area contributed by atoms with Crippen LogP contribution in [0.3, 0.4) is 0 Å². The first-order chi connectivity index (χ1) is 11.2. The van der Waals surface area contributed by atoms with Crippen LogP contribution in [0.5, 0.6) is 0 Å². The largest absolute Gasteiger partial charge is 0.481 e. The molecule has 0 aliphatic heterocycles. The van der Waals surface area contributed by atoms with Gasteiger partial charge >= 0.3 is 5.97 Å². The van der Waals surface area contributed by atoms with E-state index in [-0.39, 0.29) is 37.6 Å². The number of carbonyl (C=O) groups is 2. The highest BCUT2D eigenvalue weighted by Crippen LogP contribution is 2.45. The molecule has 0 heterocycles. The molecule has 6 N–H and O–H groups in total. The zero-order valence-electron chi connectivity index (χ0n) is 13.9. The van der Waals surface area contributed by atoms with Crippen molar-refractivity contribution in [3.63, 3.8) is 0 Å². The van der Waals surface area contributed by atoms with Gasteiger partial charge in [0.2, 0.25) is 13.3 Å². The van der Waals surface area contributed by atoms with Crippen LogP contribution < -0.4 is 11.1 Å². The molecule has 24 heavy (non-hydrogen) atoms. The van der Waals surface area contributed by atoms with E-state index in [9.17, 15) is 24.2 Å². The highest BCUT2D eigenvalue weighted by Gasteiger charge is 2.28. The Bertz CT molecular complexity index is 467. The number of carboxylic acids is 1. The minimum atomic E-state index is -3.44. The minimum absolute atomic E-state index is 0.00254. The van der Waals surface area contributed by atoms with E-state index < -0.39 is 31.4 Å². The van der Waals surface area contributed by atoms with Crippen molar-refractivity contribution < 1.29 is 29.3 Å². The second-order valence-electron chi connectivity index (χ2n) is 6.65. The Balaban J connectivity index is 2.30. The number of carbonyl (C=O) groups excluding carboxylic acids is 1. The van der Waals surface area contributed by atoms with Gasteiger partial charge in [0.05, 0.1) is 18.3 Å². The van der Waals surface area contributed by atoms with E-state index in [2.05, 4.69) is 5.32 Å². The lowest BCUT2D eigenvalue weighted by atomic mass is 9.91. The van der Waals surface area contributed by atoms with Gasteiger partial charge in [0, 0.05) is 19.1 Å². The van der Waals surface area contributed by atoms with Crippen LogP contribution >= 0.6 is 7.37 Å². The van der Waals surface area contributed by atoms with Crippen molar-refractivity contribution >= 4 is 19.2 Å². The Morgan fingerprint density at radius 1 is 1.25 bits per heavy atom. The number of amides is 1. The third-order valence-corrected chi connectivity index (χ3v) is 6.36. The number of rotatable bonds is 10. The van der Waals surface area contributed by atoms with Gasteiger partial charge in [0.25, 0.3) is 0 Å². The van der Waals surface area contributed by atoms with Crippen LogP contribution in [0.1, 0.15) is 44.9 Å². The molecule has 140 valence electrons. The van der Waals surface area contributed by atoms with Gasteiger partial charge in [-0.1, -0.05) is 19.3 Å². The van der Waals surface area contributed by atoms with Crippen LogP contribution in [-0.4, -0.2) is 58.0 Å². The van der Waals surface area contributed by atoms with Crippen molar-refractivity contribution in [3.05, 3.63) is 0 Å². The predicted molar refractivity (Wildman–Crippen MR) is 90.0 cm³/mol. The van der Waals surface area contributed by atoms with Gasteiger partial charge in [-0.2, -0.15) is 0 Å². The Morgan fingerprint density at radius 3 is 2.46 bits per heavy atom. The molecule has 1 aliphatic rings. The number of nitrogens with two attached hydrogens (primary N) is 1. The fourth-order valence-corrected chi connectivity index (χ4v) is 5.11. The van der Waals surface area contributed by atoms with Crippen molar-refractivity contribution in [1.29, 1.82) is 0 Å². The number of aliphatic hydroxyl groups excluding tert-OH is 1. The Labute approximate surface area is 142 Å². The van der Waals surface area contributed by atoms with Gasteiger partial charge in [-0.05, 0) is 25.2 Å². The average Bonchev–Trinajstić information content (AvgIpc) is 2.50. The zero-order chi connectivity index (χ0) is 18.2. The maximum absolute atomic E-state index is 12.2. The second-order valence-corrected chi connectivity index (χ2v) is 9.08. The smallest absolute Gasteiger partial charge is 0.303 e. The number of hydrogen-bond acceptors (Lipinski definition) is 5. The van der Waals surface area contributed by atoms with Gasteiger partial charge in [-0.15, -0.1) is 0 Å². The first kappa shape index (κ1) is 21.1. The molecule has 1 amide bonds. The molecular weight excluding hydrogens is 335 g/mol. The summed E-state index contributed by atoms with van der Waals surface area (Å²) in [5.41, 5.74) is 5.54. The molecule has 0 spiro atoms. The van der Waals surface area contributed by atoms with Gasteiger partial charge in [0.15, 0.2) is 0 Å². The molecule has 3 atom stereocenters. The maximum Gasteiger partial charge on any atom is 0.303 e. The summed E-state index contributed by atoms with van der Waals surface area (Å²) in [5, 5.41) is 20.8. The maximum atomic E-state index is 12.2. The molecular formula is C15H29N2O6P. The van der Waals surface area contributed by atoms with E-state index in [1.54, 1.807) is 0 Å². The second kappa shape index (κ2) is 10.1. The van der Waals surface area contributed by atoms with E-state index in [0.717, 1.165) is 25.7 Å². The summed E-state index contributed by atoms with van der Waals surface area (Å²) < 4.78 is 12.2. The fraction of sp³-hybridized carbons (Fsp3) is 0.867. The van der Waals surface area contributed by atoms with Crippen molar-refractivity contribution in [1.82, 2.24) is 5.32 Å². The summed E-state index contributed by atoms with van der Waals surface area (Å²) >= 11 is 0. The topological polar surface area (TPSA) is 150 Å². The quantitative estimate of drug-likeness (QED) is 0.354. The molecule has 1 aliphatic carbocycles. The summed E-state index contributed by atoms with van der Waals surface area (Å²) in [7, 11) is -3.44. The Morgan fingerprint density at radius 2 is 1.88 bits per heavy atom. The van der Waals surface area contributed by atoms with E-state index in [0.29, 0.717) is 0 Å². The van der Waals surface area contributed by atoms with Gasteiger partial charge in [-0.3, -0.25) is 14.2 Å². The third-order valence-electron chi connectivity index (χ3n) is 4.28. The summed E-state index contributed by atoms with van der Waals surface area (Å²) in [4.78, 5) is 32.1. The summed E-state index contributed by atoms with van der Waals surface area (Å²) in [5.74, 6) is -1.38. The standard InChI is InChI=1S/C15H29N2O6P/c16-13(6-7-14(19)20)15(21)17-8-12(18)10-24(22,23)9-11-4-2-1-3-5-11/h11-13,18H,1-10,16H2,(H,17,21)(H,19,20)(H,22,23).